The van der Waals surface area contributed by atoms with Gasteiger partial charge in [-0.05, 0) is 44.9 Å². The quantitative estimate of drug-likeness (QED) is 0.0261. The zero-order valence-electron chi connectivity index (χ0n) is 41.8. The van der Waals surface area contributed by atoms with Gasteiger partial charge in [0.1, 0.15) is 24.4 Å². The average molecular weight is 908 g/mol. The van der Waals surface area contributed by atoms with Gasteiger partial charge in [-0.2, -0.15) is 0 Å². The molecule has 7 atom stereocenters. The molecule has 1 amide bonds. The summed E-state index contributed by atoms with van der Waals surface area (Å²) in [6.07, 6.45) is 49.4. The molecule has 0 bridgehead atoms. The van der Waals surface area contributed by atoms with E-state index in [9.17, 15) is 30.3 Å². The van der Waals surface area contributed by atoms with Crippen molar-refractivity contribution in [1.82, 2.24) is 5.32 Å². The van der Waals surface area contributed by atoms with Crippen molar-refractivity contribution in [2.75, 3.05) is 13.2 Å². The Bertz CT molecular complexity index is 1060. The van der Waals surface area contributed by atoms with Crippen molar-refractivity contribution in [3.8, 4) is 0 Å². The van der Waals surface area contributed by atoms with Crippen LogP contribution in [0.5, 0.6) is 0 Å². The molecule has 1 saturated heterocycles. The van der Waals surface area contributed by atoms with E-state index in [1.807, 2.05) is 6.08 Å². The van der Waals surface area contributed by atoms with Crippen molar-refractivity contribution < 1.29 is 39.8 Å². The van der Waals surface area contributed by atoms with E-state index < -0.39 is 49.5 Å². The lowest BCUT2D eigenvalue weighted by Crippen LogP contribution is -2.60. The monoisotopic (exact) mass is 908 g/mol. The minimum absolute atomic E-state index is 0.176. The van der Waals surface area contributed by atoms with Crippen molar-refractivity contribution in [1.29, 1.82) is 0 Å². The third kappa shape index (κ3) is 34.9. The maximum Gasteiger partial charge on any atom is 0.220 e. The molecule has 1 rings (SSSR count). The minimum Gasteiger partial charge on any atom is -0.394 e. The number of hydrogen-bond acceptors (Lipinski definition) is 8. The van der Waals surface area contributed by atoms with Crippen LogP contribution in [0.3, 0.4) is 0 Å². The summed E-state index contributed by atoms with van der Waals surface area (Å²) in [4.78, 5) is 13.0. The molecule has 1 aliphatic heterocycles. The fraction of sp³-hybridized carbons (Fsp3) is 0.909. The van der Waals surface area contributed by atoms with Crippen molar-refractivity contribution >= 4 is 5.91 Å². The van der Waals surface area contributed by atoms with Gasteiger partial charge in [0.05, 0.1) is 25.4 Å². The number of ether oxygens (including phenoxy) is 2. The van der Waals surface area contributed by atoms with Crippen LogP contribution in [-0.2, 0) is 14.3 Å². The maximum atomic E-state index is 13.0. The summed E-state index contributed by atoms with van der Waals surface area (Å²) in [7, 11) is 0. The molecular weight excluding hydrogens is 803 g/mol. The third-order valence-electron chi connectivity index (χ3n) is 13.3. The number of carbonyl (C=O) groups is 1. The first-order valence-corrected chi connectivity index (χ1v) is 27.6. The van der Waals surface area contributed by atoms with Gasteiger partial charge in [0.2, 0.25) is 5.91 Å². The number of unbranched alkanes of at least 4 members (excludes halogenated alkanes) is 35. The number of amides is 1. The molecule has 64 heavy (non-hydrogen) atoms. The first kappa shape index (κ1) is 60.7. The molecule has 0 aromatic carbocycles. The van der Waals surface area contributed by atoms with Gasteiger partial charge in [0.25, 0.3) is 0 Å². The van der Waals surface area contributed by atoms with Gasteiger partial charge < -0.3 is 40.3 Å². The van der Waals surface area contributed by atoms with E-state index in [-0.39, 0.29) is 12.5 Å². The fourth-order valence-electron chi connectivity index (χ4n) is 8.86. The van der Waals surface area contributed by atoms with Gasteiger partial charge >= 0.3 is 0 Å². The first-order valence-electron chi connectivity index (χ1n) is 27.6. The Morgan fingerprint density at radius 1 is 0.516 bits per heavy atom. The summed E-state index contributed by atoms with van der Waals surface area (Å²) in [6.45, 7) is 3.80. The zero-order chi connectivity index (χ0) is 46.6. The molecule has 1 heterocycles. The Labute approximate surface area is 394 Å². The Morgan fingerprint density at radius 2 is 0.875 bits per heavy atom. The van der Waals surface area contributed by atoms with E-state index in [1.165, 1.54) is 205 Å². The second-order valence-corrected chi connectivity index (χ2v) is 19.4. The average Bonchev–Trinajstić information content (AvgIpc) is 3.29. The lowest BCUT2D eigenvalue weighted by Gasteiger charge is -2.40. The molecule has 1 fully saturated rings. The van der Waals surface area contributed by atoms with E-state index in [2.05, 4.69) is 31.3 Å². The highest BCUT2D eigenvalue weighted by atomic mass is 16.7. The maximum absolute atomic E-state index is 13.0. The largest absolute Gasteiger partial charge is 0.394 e. The zero-order valence-corrected chi connectivity index (χ0v) is 41.8. The summed E-state index contributed by atoms with van der Waals surface area (Å²) in [5, 5.41) is 54.5. The number of allylic oxidation sites excluding steroid dienone is 3. The number of nitrogens with one attached hydrogen (secondary N) is 1. The minimum atomic E-state index is -1.57. The molecule has 378 valence electrons. The predicted molar refractivity (Wildman–Crippen MR) is 267 cm³/mol. The molecule has 0 spiro atoms. The van der Waals surface area contributed by atoms with Gasteiger partial charge in [-0.1, -0.05) is 237 Å². The van der Waals surface area contributed by atoms with Gasteiger partial charge in [-0.3, -0.25) is 4.79 Å². The van der Waals surface area contributed by atoms with Gasteiger partial charge in [0.15, 0.2) is 6.29 Å². The van der Waals surface area contributed by atoms with E-state index in [0.29, 0.717) is 6.42 Å². The Balaban J connectivity index is 2.26. The molecule has 0 aromatic rings. The lowest BCUT2D eigenvalue weighted by atomic mass is 9.99. The van der Waals surface area contributed by atoms with Crippen molar-refractivity contribution in [3.05, 3.63) is 24.3 Å². The van der Waals surface area contributed by atoms with Crippen LogP contribution in [0.25, 0.3) is 0 Å². The highest BCUT2D eigenvalue weighted by Crippen LogP contribution is 2.23. The van der Waals surface area contributed by atoms with Gasteiger partial charge in [-0.25, -0.2) is 0 Å². The van der Waals surface area contributed by atoms with Crippen LogP contribution < -0.4 is 5.32 Å². The molecule has 9 heteroatoms. The summed E-state index contributed by atoms with van der Waals surface area (Å²) in [5.74, 6) is -0.176. The molecule has 0 aliphatic carbocycles. The summed E-state index contributed by atoms with van der Waals surface area (Å²) < 4.78 is 11.3. The lowest BCUT2D eigenvalue weighted by molar-refractivity contribution is -0.302. The smallest absolute Gasteiger partial charge is 0.220 e. The molecule has 9 nitrogen and oxygen atoms in total. The summed E-state index contributed by atoms with van der Waals surface area (Å²) in [6, 6.07) is -0.804. The Morgan fingerprint density at radius 3 is 1.27 bits per heavy atom. The molecular formula is C55H105NO8. The van der Waals surface area contributed by atoms with Crippen LogP contribution in [0.1, 0.15) is 264 Å². The summed E-state index contributed by atoms with van der Waals surface area (Å²) >= 11 is 0. The second kappa shape index (κ2) is 45.5. The Hall–Kier alpha value is -1.33. The highest BCUT2D eigenvalue weighted by Gasteiger charge is 2.44. The van der Waals surface area contributed by atoms with Crippen LogP contribution in [0.2, 0.25) is 0 Å². The van der Waals surface area contributed by atoms with E-state index in [4.69, 9.17) is 9.47 Å². The predicted octanol–water partition coefficient (Wildman–Crippen LogP) is 13.0. The summed E-state index contributed by atoms with van der Waals surface area (Å²) in [5.41, 5.74) is 0. The molecule has 0 saturated carbocycles. The topological polar surface area (TPSA) is 149 Å². The highest BCUT2D eigenvalue weighted by molar-refractivity contribution is 5.76. The number of aliphatic hydroxyl groups is 5. The molecule has 0 radical (unpaired) electrons. The van der Waals surface area contributed by atoms with Gasteiger partial charge in [-0.15, -0.1) is 0 Å². The number of carbonyl (C=O) groups excluding carboxylic acids is 1. The van der Waals surface area contributed by atoms with E-state index >= 15 is 0 Å². The van der Waals surface area contributed by atoms with Crippen LogP contribution in [0.4, 0.5) is 0 Å². The number of aliphatic hydroxyl groups excluding tert-OH is 5. The van der Waals surface area contributed by atoms with Crippen molar-refractivity contribution in [3.63, 3.8) is 0 Å². The second-order valence-electron chi connectivity index (χ2n) is 19.4. The number of rotatable bonds is 47. The Kier molecular flexibility index (Phi) is 43.1. The van der Waals surface area contributed by atoms with Crippen molar-refractivity contribution in [2.24, 2.45) is 0 Å². The molecule has 1 aliphatic rings. The van der Waals surface area contributed by atoms with Crippen LogP contribution >= 0.6 is 0 Å². The normalized spacial score (nSPS) is 20.1. The first-order chi connectivity index (χ1) is 31.3. The SMILES string of the molecule is CCCCCCCC/C=C\CCCCCCCCCCCC(=O)NC(COC1OC(CO)C(O)C(O)C1O)C(O)/C=C/CCCCCCCCCCCCCCCCCCCCCC. The van der Waals surface area contributed by atoms with E-state index in [1.54, 1.807) is 6.08 Å². The van der Waals surface area contributed by atoms with Crippen LogP contribution in [0.15, 0.2) is 24.3 Å². The van der Waals surface area contributed by atoms with E-state index in [0.717, 1.165) is 38.5 Å². The van der Waals surface area contributed by atoms with Gasteiger partial charge in [0, 0.05) is 6.42 Å². The van der Waals surface area contributed by atoms with Crippen LogP contribution in [-0.4, -0.2) is 87.5 Å². The fourth-order valence-corrected chi connectivity index (χ4v) is 8.86. The third-order valence-corrected chi connectivity index (χ3v) is 13.3. The molecule has 7 unspecified atom stereocenters. The van der Waals surface area contributed by atoms with Crippen LogP contribution in [0, 0.1) is 0 Å². The standard InChI is InChI=1S/C55H105NO8/c1-3-5-7-9-11-13-15-17-19-21-23-24-25-27-28-30-32-34-36-38-40-42-44-49(58)48(47-63-55-54(62)53(61)52(60)50(46-57)64-55)56-51(59)45-43-41-39-37-35-33-31-29-26-22-20-18-16-14-12-10-8-6-4-2/h18,20,42,44,48-50,52-55,57-58,60-62H,3-17,19,21-41,43,45-47H2,1-2H3,(H,56,59)/b20-18-,44-42+. The molecule has 0 aromatic heterocycles. The van der Waals surface area contributed by atoms with Crippen molar-refractivity contribution in [2.45, 2.75) is 307 Å². The number of hydrogen-bond donors (Lipinski definition) is 6. The molecule has 6 N–H and O–H groups in total.